The Morgan fingerprint density at radius 1 is 0.980 bits per heavy atom. The number of carboxylic acid groups (broad SMARTS) is 1. The number of phenols is 1. The van der Waals surface area contributed by atoms with E-state index in [1.807, 2.05) is 0 Å². The lowest BCUT2D eigenvalue weighted by Gasteiger charge is -2.32. The Labute approximate surface area is 297 Å². The van der Waals surface area contributed by atoms with Crippen molar-refractivity contribution in [1.82, 2.24) is 25.8 Å². The molecule has 0 aliphatic carbocycles. The van der Waals surface area contributed by atoms with Crippen LogP contribution in [0.4, 0.5) is 0 Å². The van der Waals surface area contributed by atoms with Crippen molar-refractivity contribution in [3.8, 4) is 17.1 Å². The third-order valence-electron chi connectivity index (χ3n) is 8.08. The van der Waals surface area contributed by atoms with E-state index >= 15 is 0 Å². The normalized spacial score (nSPS) is 16.0. The van der Waals surface area contributed by atoms with E-state index in [0.29, 0.717) is 12.0 Å². The number of carboxylic acids is 1. The second-order valence-electron chi connectivity index (χ2n) is 12.2. The predicted octanol–water partition coefficient (Wildman–Crippen LogP) is 3.38. The van der Waals surface area contributed by atoms with E-state index in [1.165, 1.54) is 30.2 Å². The van der Waals surface area contributed by atoms with Crippen LogP contribution in [0.5, 0.6) is 5.75 Å². The lowest BCUT2D eigenvalue weighted by molar-refractivity contribution is -0.143. The van der Waals surface area contributed by atoms with Gasteiger partial charge in [-0.2, -0.15) is 0 Å². The van der Waals surface area contributed by atoms with Gasteiger partial charge in [-0.3, -0.25) is 28.8 Å². The molecule has 50 heavy (non-hydrogen) atoms. The largest absolute Gasteiger partial charge is 0.508 e. The maximum Gasteiger partial charge on any atom is 0.305 e. The molecular weight excluding hydrogens is 693 g/mol. The highest BCUT2D eigenvalue weighted by molar-refractivity contribution is 6.39. The molecule has 3 aromatic rings. The Hall–Kier alpha value is -4.95. The molecule has 4 amide bonds. The molecule has 16 heteroatoms. The van der Waals surface area contributed by atoms with Gasteiger partial charge in [0, 0.05) is 19.9 Å². The molecule has 2 aromatic carbocycles. The number of rotatable bonds is 14. The van der Waals surface area contributed by atoms with E-state index in [2.05, 4.69) is 20.9 Å². The lowest BCUT2D eigenvalue weighted by atomic mass is 10.00. The fraction of sp³-hybridized carbons (Fsp3) is 0.382. The first-order valence-electron chi connectivity index (χ1n) is 15.8. The van der Waals surface area contributed by atoms with Crippen molar-refractivity contribution in [3.05, 3.63) is 70.2 Å². The predicted molar refractivity (Wildman–Crippen MR) is 181 cm³/mol. The first-order chi connectivity index (χ1) is 23.7. The van der Waals surface area contributed by atoms with Crippen LogP contribution in [0.3, 0.4) is 0 Å². The number of aromatic nitrogens is 1. The average molecular weight is 731 g/mol. The number of halogens is 2. The third kappa shape index (κ3) is 9.39. The molecule has 1 fully saturated rings. The molecule has 266 valence electrons. The molecule has 0 unspecified atom stereocenters. The van der Waals surface area contributed by atoms with E-state index in [9.17, 15) is 39.0 Å². The molecule has 0 spiro atoms. The van der Waals surface area contributed by atoms with Crippen LogP contribution in [0.2, 0.25) is 10.0 Å². The van der Waals surface area contributed by atoms with E-state index in [0.717, 1.165) is 0 Å². The van der Waals surface area contributed by atoms with Gasteiger partial charge in [0.15, 0.2) is 5.76 Å². The van der Waals surface area contributed by atoms with E-state index in [1.54, 1.807) is 44.2 Å². The minimum Gasteiger partial charge on any atom is -0.508 e. The van der Waals surface area contributed by atoms with Crippen molar-refractivity contribution in [2.45, 2.75) is 70.6 Å². The number of nitrogens with zero attached hydrogens (tertiary/aromatic N) is 2. The summed E-state index contributed by atoms with van der Waals surface area (Å²) >= 11 is 12.5. The molecule has 1 saturated heterocycles. The van der Waals surface area contributed by atoms with Crippen LogP contribution in [-0.2, 0) is 30.4 Å². The number of hydrogen-bond acceptors (Lipinski definition) is 9. The number of aromatic hydroxyl groups is 1. The number of aliphatic carboxylic acids is 1. The van der Waals surface area contributed by atoms with Gasteiger partial charge in [0.05, 0.1) is 28.2 Å². The number of amides is 4. The van der Waals surface area contributed by atoms with Crippen molar-refractivity contribution < 1.29 is 43.4 Å². The topological polar surface area (TPSA) is 208 Å². The quantitative estimate of drug-likeness (QED) is 0.153. The van der Waals surface area contributed by atoms with Gasteiger partial charge >= 0.3 is 5.97 Å². The van der Waals surface area contributed by atoms with Crippen LogP contribution in [0.25, 0.3) is 11.3 Å². The number of benzene rings is 2. The average Bonchev–Trinajstić information content (AvgIpc) is 3.74. The Kier molecular flexibility index (Phi) is 12.6. The summed E-state index contributed by atoms with van der Waals surface area (Å²) in [4.78, 5) is 83.2. The molecule has 1 aromatic heterocycles. The summed E-state index contributed by atoms with van der Waals surface area (Å²) in [6.45, 7) is 4.85. The first-order valence-corrected chi connectivity index (χ1v) is 16.5. The van der Waals surface area contributed by atoms with Crippen LogP contribution >= 0.6 is 23.2 Å². The Morgan fingerprint density at radius 3 is 2.24 bits per heavy atom. The number of hydrogen-bond donors (Lipinski definition) is 5. The molecule has 0 bridgehead atoms. The van der Waals surface area contributed by atoms with Gasteiger partial charge in [0.25, 0.3) is 5.89 Å². The van der Waals surface area contributed by atoms with Crippen molar-refractivity contribution in [3.63, 3.8) is 0 Å². The molecule has 0 radical (unpaired) electrons. The van der Waals surface area contributed by atoms with E-state index in [-0.39, 0.29) is 46.5 Å². The zero-order chi connectivity index (χ0) is 36.7. The van der Waals surface area contributed by atoms with Gasteiger partial charge in [0.2, 0.25) is 29.4 Å². The fourth-order valence-electron chi connectivity index (χ4n) is 5.61. The molecule has 14 nitrogen and oxygen atoms in total. The number of carbonyl (C=O) groups is 6. The van der Waals surface area contributed by atoms with Crippen molar-refractivity contribution in [1.29, 1.82) is 0 Å². The van der Waals surface area contributed by atoms with Crippen molar-refractivity contribution in [2.75, 3.05) is 6.54 Å². The zero-order valence-electron chi connectivity index (χ0n) is 27.4. The van der Waals surface area contributed by atoms with Gasteiger partial charge < -0.3 is 35.5 Å². The number of carbonyl (C=O) groups excluding carboxylic acids is 5. The van der Waals surface area contributed by atoms with Gasteiger partial charge in [-0.25, -0.2) is 4.98 Å². The minimum absolute atomic E-state index is 0.0353. The molecule has 2 heterocycles. The summed E-state index contributed by atoms with van der Waals surface area (Å²) < 4.78 is 5.59. The Balaban J connectivity index is 1.49. The summed E-state index contributed by atoms with van der Waals surface area (Å²) in [7, 11) is 0. The maximum absolute atomic E-state index is 13.9. The van der Waals surface area contributed by atoms with Gasteiger partial charge in [-0.15, -0.1) is 0 Å². The number of likely N-dealkylation sites (tertiary alicyclic amines) is 1. The highest BCUT2D eigenvalue weighted by atomic mass is 35.5. The summed E-state index contributed by atoms with van der Waals surface area (Å²) in [6.07, 6.45) is 1.13. The molecule has 4 atom stereocenters. The first kappa shape index (κ1) is 37.9. The second kappa shape index (κ2) is 16.6. The van der Waals surface area contributed by atoms with Crippen LogP contribution in [0.15, 0.2) is 53.1 Å². The van der Waals surface area contributed by atoms with E-state index in [4.69, 9.17) is 27.6 Å². The number of phenolic OH excluding ortho intramolecular Hbond substituents is 1. The van der Waals surface area contributed by atoms with Crippen molar-refractivity contribution in [2.24, 2.45) is 5.92 Å². The molecule has 1 aliphatic rings. The van der Waals surface area contributed by atoms with E-state index < -0.39 is 77.8 Å². The Morgan fingerprint density at radius 2 is 1.64 bits per heavy atom. The third-order valence-corrected chi connectivity index (χ3v) is 8.71. The monoisotopic (exact) mass is 729 g/mol. The summed E-state index contributed by atoms with van der Waals surface area (Å²) in [6, 6.07) is 6.04. The number of oxazole rings is 1. The van der Waals surface area contributed by atoms with Crippen LogP contribution in [0.1, 0.15) is 56.3 Å². The summed E-state index contributed by atoms with van der Waals surface area (Å²) in [5.74, 6) is -5.55. The zero-order valence-corrected chi connectivity index (χ0v) is 29.0. The molecule has 1 aliphatic heterocycles. The van der Waals surface area contributed by atoms with Gasteiger partial charge in [0.1, 0.15) is 29.9 Å². The smallest absolute Gasteiger partial charge is 0.305 e. The summed E-state index contributed by atoms with van der Waals surface area (Å²) in [5, 5.41) is 27.4. The lowest BCUT2D eigenvalue weighted by Crippen LogP contribution is -2.59. The maximum atomic E-state index is 13.9. The minimum atomic E-state index is -1.59. The fourth-order valence-corrected chi connectivity index (χ4v) is 6.19. The number of nitrogens with one attached hydrogen (secondary N) is 3. The van der Waals surface area contributed by atoms with Crippen LogP contribution < -0.4 is 16.0 Å². The highest BCUT2D eigenvalue weighted by Crippen LogP contribution is 2.35. The number of Topliss-reactive ketones (excluding diaryl/α,β-unsaturated/α-hetero) is 1. The Bertz CT molecular complexity index is 1740. The molecule has 0 saturated carbocycles. The van der Waals surface area contributed by atoms with Crippen LogP contribution in [0, 0.1) is 5.92 Å². The van der Waals surface area contributed by atoms with Gasteiger partial charge in [-0.1, -0.05) is 55.2 Å². The van der Waals surface area contributed by atoms with Gasteiger partial charge in [-0.05, 0) is 48.6 Å². The standard InChI is InChI=1S/C34H37Cl2N5O9/c1-17(2)29(40-31(47)24(38-18(3)42)14-19-9-11-20(43)12-10-19)34(49)41-13-5-8-25(41)32(48)39-23(15-27(44)45)30(46)33-37-16-26(50-33)28-21(35)6-4-7-22(28)36/h4,6-7,9-12,16-17,23-25,29,43H,5,8,13-15H2,1-3H3,(H,38,42)(H,39,48)(H,40,47)(H,44,45)/t23-,24-,25-,29-/m0/s1. The molecule has 5 N–H and O–H groups in total. The van der Waals surface area contributed by atoms with Crippen LogP contribution in [-0.4, -0.2) is 86.2 Å². The SMILES string of the molecule is CC(=O)N[C@@H](Cc1ccc(O)cc1)C(=O)N[C@H](C(=O)N1CCC[C@H]1C(=O)N[C@@H](CC(=O)O)C(=O)c1ncc(-c2c(Cl)cccc2Cl)o1)C(C)C. The summed E-state index contributed by atoms with van der Waals surface area (Å²) in [5.41, 5.74) is 0.927. The second-order valence-corrected chi connectivity index (χ2v) is 13.0. The molecular formula is C34H37Cl2N5O9. The van der Waals surface area contributed by atoms with Crippen molar-refractivity contribution >= 4 is 58.6 Å². The highest BCUT2D eigenvalue weighted by Gasteiger charge is 2.41. The molecule has 4 rings (SSSR count). The number of ketones is 1.